The highest BCUT2D eigenvalue weighted by atomic mass is 35.5. The molecular formula is C14H14ClNO2. The van der Waals surface area contributed by atoms with Crippen molar-refractivity contribution >= 4 is 23.2 Å². The lowest BCUT2D eigenvalue weighted by molar-refractivity contribution is 0.0966. The van der Waals surface area contributed by atoms with Crippen LogP contribution in [0.2, 0.25) is 5.22 Å². The van der Waals surface area contributed by atoms with Crippen LogP contribution in [0.4, 0.5) is 5.69 Å². The quantitative estimate of drug-likeness (QED) is 0.825. The minimum Gasteiger partial charge on any atom is -0.440 e. The average molecular weight is 264 g/mol. The lowest BCUT2D eigenvalue weighted by atomic mass is 10.1. The molecule has 0 spiro atoms. The van der Waals surface area contributed by atoms with E-state index in [0.717, 1.165) is 16.8 Å². The highest BCUT2D eigenvalue weighted by molar-refractivity contribution is 6.29. The normalized spacial score (nSPS) is 10.4. The van der Waals surface area contributed by atoms with Crippen LogP contribution >= 0.6 is 11.6 Å². The minimum atomic E-state index is -0.216. The lowest BCUT2D eigenvalue weighted by Crippen LogP contribution is -2.25. The van der Waals surface area contributed by atoms with Gasteiger partial charge in [-0.3, -0.25) is 4.79 Å². The van der Waals surface area contributed by atoms with Crippen LogP contribution in [-0.4, -0.2) is 13.0 Å². The number of amides is 1. The first-order chi connectivity index (χ1) is 8.47. The van der Waals surface area contributed by atoms with Gasteiger partial charge >= 0.3 is 0 Å². The van der Waals surface area contributed by atoms with Crippen molar-refractivity contribution in [2.45, 2.75) is 13.8 Å². The van der Waals surface area contributed by atoms with Gasteiger partial charge in [0.15, 0.2) is 11.0 Å². The Balaban J connectivity index is 2.30. The maximum atomic E-state index is 12.2. The van der Waals surface area contributed by atoms with Crippen LogP contribution < -0.4 is 4.90 Å². The summed E-state index contributed by atoms with van der Waals surface area (Å²) in [5, 5.41) is 0.215. The first-order valence-corrected chi connectivity index (χ1v) is 5.97. The van der Waals surface area contributed by atoms with Crippen molar-refractivity contribution in [3.8, 4) is 0 Å². The molecule has 0 N–H and O–H groups in total. The molecule has 0 aliphatic rings. The summed E-state index contributed by atoms with van der Waals surface area (Å²) in [4.78, 5) is 13.7. The van der Waals surface area contributed by atoms with Crippen LogP contribution in [0.3, 0.4) is 0 Å². The largest absolute Gasteiger partial charge is 0.440 e. The van der Waals surface area contributed by atoms with Gasteiger partial charge in [0.05, 0.1) is 0 Å². The molecule has 4 heteroatoms. The molecule has 0 atom stereocenters. The Bertz CT molecular complexity index is 569. The Morgan fingerprint density at radius 1 is 1.17 bits per heavy atom. The van der Waals surface area contributed by atoms with E-state index in [1.807, 2.05) is 26.0 Å². The number of carbonyl (C=O) groups is 1. The molecule has 0 saturated heterocycles. The van der Waals surface area contributed by atoms with Crippen LogP contribution in [0.25, 0.3) is 0 Å². The summed E-state index contributed by atoms with van der Waals surface area (Å²) in [6.07, 6.45) is 0. The number of nitrogens with zero attached hydrogens (tertiary/aromatic N) is 1. The monoisotopic (exact) mass is 263 g/mol. The number of hydrogen-bond donors (Lipinski definition) is 0. The zero-order valence-electron chi connectivity index (χ0n) is 10.5. The number of hydrogen-bond acceptors (Lipinski definition) is 2. The van der Waals surface area contributed by atoms with Crippen LogP contribution in [-0.2, 0) is 0 Å². The minimum absolute atomic E-state index is 0.215. The first-order valence-electron chi connectivity index (χ1n) is 5.59. The zero-order valence-corrected chi connectivity index (χ0v) is 11.3. The topological polar surface area (TPSA) is 33.5 Å². The molecule has 0 radical (unpaired) electrons. The number of rotatable bonds is 2. The van der Waals surface area contributed by atoms with Gasteiger partial charge in [-0.2, -0.15) is 0 Å². The average Bonchev–Trinajstić information content (AvgIpc) is 2.72. The van der Waals surface area contributed by atoms with Crippen LogP contribution in [0.15, 0.2) is 34.7 Å². The third-order valence-corrected chi connectivity index (χ3v) is 2.89. The van der Waals surface area contributed by atoms with E-state index in [1.165, 1.54) is 0 Å². The molecule has 0 saturated carbocycles. The molecule has 1 aromatic heterocycles. The summed E-state index contributed by atoms with van der Waals surface area (Å²) in [5.74, 6) is 0.0218. The number of benzene rings is 1. The van der Waals surface area contributed by atoms with E-state index in [-0.39, 0.29) is 16.9 Å². The molecule has 3 nitrogen and oxygen atoms in total. The maximum Gasteiger partial charge on any atom is 0.293 e. The molecule has 94 valence electrons. The van der Waals surface area contributed by atoms with Gasteiger partial charge in [0.25, 0.3) is 5.91 Å². The van der Waals surface area contributed by atoms with Crippen molar-refractivity contribution in [3.05, 3.63) is 52.4 Å². The number of halogens is 1. The second-order valence-electron chi connectivity index (χ2n) is 4.31. The van der Waals surface area contributed by atoms with Crippen molar-refractivity contribution in [3.63, 3.8) is 0 Å². The summed E-state index contributed by atoms with van der Waals surface area (Å²) >= 11 is 5.67. The molecule has 18 heavy (non-hydrogen) atoms. The van der Waals surface area contributed by atoms with E-state index in [4.69, 9.17) is 16.0 Å². The maximum absolute atomic E-state index is 12.2. The number of furan rings is 1. The Kier molecular flexibility index (Phi) is 3.43. The Labute approximate surface area is 111 Å². The van der Waals surface area contributed by atoms with Gasteiger partial charge < -0.3 is 9.32 Å². The predicted molar refractivity (Wildman–Crippen MR) is 72.4 cm³/mol. The second kappa shape index (κ2) is 4.86. The van der Waals surface area contributed by atoms with Crippen LogP contribution in [0.5, 0.6) is 0 Å². The molecule has 1 aromatic carbocycles. The molecule has 0 unspecified atom stereocenters. The third kappa shape index (κ3) is 2.57. The fourth-order valence-corrected chi connectivity index (χ4v) is 2.00. The highest BCUT2D eigenvalue weighted by Gasteiger charge is 2.17. The molecule has 2 rings (SSSR count). The van der Waals surface area contributed by atoms with Gasteiger partial charge in [0.1, 0.15) is 0 Å². The van der Waals surface area contributed by atoms with E-state index in [0.29, 0.717) is 0 Å². The van der Waals surface area contributed by atoms with Crippen molar-refractivity contribution in [1.29, 1.82) is 0 Å². The third-order valence-electron chi connectivity index (χ3n) is 2.68. The van der Waals surface area contributed by atoms with Crippen LogP contribution in [0, 0.1) is 13.8 Å². The molecule has 0 aliphatic heterocycles. The molecule has 0 bridgehead atoms. The molecular weight excluding hydrogens is 250 g/mol. The fraction of sp³-hybridized carbons (Fsp3) is 0.214. The number of aryl methyl sites for hydroxylation is 2. The van der Waals surface area contributed by atoms with E-state index in [2.05, 4.69) is 6.07 Å². The molecule has 2 aromatic rings. The van der Waals surface area contributed by atoms with Crippen molar-refractivity contribution in [2.75, 3.05) is 11.9 Å². The Morgan fingerprint density at radius 3 is 2.28 bits per heavy atom. The van der Waals surface area contributed by atoms with Crippen LogP contribution in [0.1, 0.15) is 21.7 Å². The first kappa shape index (κ1) is 12.7. The number of anilines is 1. The summed E-state index contributed by atoms with van der Waals surface area (Å²) in [7, 11) is 1.72. The summed E-state index contributed by atoms with van der Waals surface area (Å²) < 4.78 is 5.12. The SMILES string of the molecule is Cc1cc(C)cc(N(C)C(=O)c2ccc(Cl)o2)c1. The Morgan fingerprint density at radius 2 is 1.78 bits per heavy atom. The predicted octanol–water partition coefficient (Wildman–Crippen LogP) is 3.83. The van der Waals surface area contributed by atoms with Gasteiger partial charge in [-0.05, 0) is 60.8 Å². The zero-order chi connectivity index (χ0) is 13.3. The van der Waals surface area contributed by atoms with Gasteiger partial charge in [0.2, 0.25) is 0 Å². The highest BCUT2D eigenvalue weighted by Crippen LogP contribution is 2.21. The second-order valence-corrected chi connectivity index (χ2v) is 4.69. The number of carbonyl (C=O) groups excluding carboxylic acids is 1. The van der Waals surface area contributed by atoms with Crippen molar-refractivity contribution < 1.29 is 9.21 Å². The van der Waals surface area contributed by atoms with Gasteiger partial charge in [-0.1, -0.05) is 6.07 Å². The van der Waals surface area contributed by atoms with Crippen molar-refractivity contribution in [2.24, 2.45) is 0 Å². The van der Waals surface area contributed by atoms with E-state index < -0.39 is 0 Å². The summed E-state index contributed by atoms with van der Waals surface area (Å²) in [5.41, 5.74) is 3.06. The van der Waals surface area contributed by atoms with Gasteiger partial charge in [-0.15, -0.1) is 0 Å². The molecule has 0 fully saturated rings. The molecule has 0 aliphatic carbocycles. The Hall–Kier alpha value is -1.74. The van der Waals surface area contributed by atoms with Gasteiger partial charge in [-0.25, -0.2) is 0 Å². The smallest absolute Gasteiger partial charge is 0.293 e. The molecule has 1 heterocycles. The molecule has 1 amide bonds. The summed E-state index contributed by atoms with van der Waals surface area (Å²) in [6, 6.07) is 9.10. The van der Waals surface area contributed by atoms with E-state index in [9.17, 15) is 4.79 Å². The van der Waals surface area contributed by atoms with Crippen molar-refractivity contribution in [1.82, 2.24) is 0 Å². The fourth-order valence-electron chi connectivity index (χ4n) is 1.86. The lowest BCUT2D eigenvalue weighted by Gasteiger charge is -2.17. The van der Waals surface area contributed by atoms with Gasteiger partial charge in [0, 0.05) is 12.7 Å². The summed E-state index contributed by atoms with van der Waals surface area (Å²) in [6.45, 7) is 4.00. The van der Waals surface area contributed by atoms with E-state index in [1.54, 1.807) is 24.1 Å². The standard InChI is InChI=1S/C14H14ClNO2/c1-9-6-10(2)8-11(7-9)16(3)14(17)12-4-5-13(15)18-12/h4-8H,1-3H3. The van der Waals surface area contributed by atoms with E-state index >= 15 is 0 Å².